The van der Waals surface area contributed by atoms with Crippen LogP contribution in [0.2, 0.25) is 0 Å². The standard InChI is InChI=1S/C22H23N3O3S/c1-15-21(29-20(24-15)12-16-7-4-3-5-8-16)22(27)23-13-17-9-6-10-18(11-17)25-19(26)14-28-2/h3-11H,12-14H2,1-2H3,(H,23,27)(H,25,26). The Kier molecular flexibility index (Phi) is 7.10. The number of hydrogen-bond acceptors (Lipinski definition) is 5. The van der Waals surface area contributed by atoms with Gasteiger partial charge in [0.2, 0.25) is 5.91 Å². The van der Waals surface area contributed by atoms with Crippen molar-refractivity contribution < 1.29 is 14.3 Å². The molecule has 0 aliphatic carbocycles. The quantitative estimate of drug-likeness (QED) is 0.596. The SMILES string of the molecule is COCC(=O)Nc1cccc(CNC(=O)c2sc(Cc3ccccc3)nc2C)c1. The first kappa shape index (κ1) is 20.7. The van der Waals surface area contributed by atoms with E-state index in [1.165, 1.54) is 24.0 Å². The number of methoxy groups -OCH3 is 1. The lowest BCUT2D eigenvalue weighted by Gasteiger charge is -2.08. The number of thiazole rings is 1. The molecule has 2 amide bonds. The zero-order valence-corrected chi connectivity index (χ0v) is 17.2. The molecule has 0 atom stereocenters. The van der Waals surface area contributed by atoms with Gasteiger partial charge in [-0.25, -0.2) is 4.98 Å². The van der Waals surface area contributed by atoms with Crippen LogP contribution >= 0.6 is 11.3 Å². The van der Waals surface area contributed by atoms with E-state index in [9.17, 15) is 9.59 Å². The van der Waals surface area contributed by atoms with Crippen LogP contribution < -0.4 is 10.6 Å². The molecule has 150 valence electrons. The molecule has 1 heterocycles. The Bertz CT molecular complexity index is 986. The van der Waals surface area contributed by atoms with Gasteiger partial charge in [0.25, 0.3) is 5.91 Å². The third kappa shape index (κ3) is 5.97. The van der Waals surface area contributed by atoms with Gasteiger partial charge in [-0.3, -0.25) is 9.59 Å². The van der Waals surface area contributed by atoms with Crippen molar-refractivity contribution in [3.05, 3.63) is 81.3 Å². The van der Waals surface area contributed by atoms with Crippen LogP contribution in [0.1, 0.15) is 31.5 Å². The fourth-order valence-electron chi connectivity index (χ4n) is 2.86. The lowest BCUT2D eigenvalue weighted by Crippen LogP contribution is -2.22. The molecule has 0 unspecified atom stereocenters. The van der Waals surface area contributed by atoms with Gasteiger partial charge >= 0.3 is 0 Å². The molecule has 29 heavy (non-hydrogen) atoms. The number of amides is 2. The first-order chi connectivity index (χ1) is 14.0. The van der Waals surface area contributed by atoms with Crippen molar-refractivity contribution in [3.8, 4) is 0 Å². The van der Waals surface area contributed by atoms with Gasteiger partial charge in [-0.1, -0.05) is 42.5 Å². The number of anilines is 1. The molecule has 2 N–H and O–H groups in total. The first-order valence-corrected chi connectivity index (χ1v) is 10.0. The Balaban J connectivity index is 1.60. The maximum atomic E-state index is 12.6. The number of carbonyl (C=O) groups excluding carboxylic acids is 2. The van der Waals surface area contributed by atoms with Crippen LogP contribution in [0.15, 0.2) is 54.6 Å². The van der Waals surface area contributed by atoms with Gasteiger partial charge in [0, 0.05) is 25.8 Å². The summed E-state index contributed by atoms with van der Waals surface area (Å²) >= 11 is 1.42. The Labute approximate surface area is 173 Å². The van der Waals surface area contributed by atoms with Crippen molar-refractivity contribution >= 4 is 28.8 Å². The van der Waals surface area contributed by atoms with Crippen molar-refractivity contribution in [2.24, 2.45) is 0 Å². The van der Waals surface area contributed by atoms with E-state index in [1.54, 1.807) is 6.07 Å². The number of hydrogen-bond donors (Lipinski definition) is 2. The molecule has 0 aliphatic heterocycles. The molecule has 0 fully saturated rings. The minimum Gasteiger partial charge on any atom is -0.375 e. The highest BCUT2D eigenvalue weighted by Crippen LogP contribution is 2.21. The van der Waals surface area contributed by atoms with E-state index in [0.717, 1.165) is 16.3 Å². The fourth-order valence-corrected chi connectivity index (χ4v) is 3.87. The average molecular weight is 410 g/mol. The van der Waals surface area contributed by atoms with Crippen molar-refractivity contribution in [2.45, 2.75) is 19.9 Å². The molecule has 0 bridgehead atoms. The Morgan fingerprint density at radius 2 is 1.83 bits per heavy atom. The molecule has 3 rings (SSSR count). The van der Waals surface area contributed by atoms with Crippen molar-refractivity contribution in [1.82, 2.24) is 10.3 Å². The van der Waals surface area contributed by atoms with Crippen LogP contribution in [0.4, 0.5) is 5.69 Å². The minimum atomic E-state index is -0.222. The monoisotopic (exact) mass is 409 g/mol. The molecule has 6 nitrogen and oxygen atoms in total. The summed E-state index contributed by atoms with van der Waals surface area (Å²) in [5, 5.41) is 6.60. The number of rotatable bonds is 8. The number of ether oxygens (including phenoxy) is 1. The minimum absolute atomic E-state index is 0.00304. The number of benzene rings is 2. The smallest absolute Gasteiger partial charge is 0.263 e. The summed E-state index contributed by atoms with van der Waals surface area (Å²) in [4.78, 5) is 29.4. The molecular weight excluding hydrogens is 386 g/mol. The molecule has 0 aliphatic rings. The van der Waals surface area contributed by atoms with Gasteiger partial charge in [0.05, 0.1) is 10.7 Å². The van der Waals surface area contributed by atoms with Gasteiger partial charge in [-0.05, 0) is 30.2 Å². The molecule has 0 radical (unpaired) electrons. The van der Waals surface area contributed by atoms with Gasteiger partial charge < -0.3 is 15.4 Å². The van der Waals surface area contributed by atoms with E-state index in [0.29, 0.717) is 23.5 Å². The highest BCUT2D eigenvalue weighted by atomic mass is 32.1. The van der Waals surface area contributed by atoms with E-state index in [2.05, 4.69) is 27.8 Å². The van der Waals surface area contributed by atoms with Crippen LogP contribution in [0.5, 0.6) is 0 Å². The van der Waals surface area contributed by atoms with Crippen LogP contribution in [0.25, 0.3) is 0 Å². The van der Waals surface area contributed by atoms with Gasteiger partial charge in [0.1, 0.15) is 11.5 Å². The molecule has 0 saturated carbocycles. The number of aromatic nitrogens is 1. The second-order valence-corrected chi connectivity index (χ2v) is 7.63. The summed E-state index contributed by atoms with van der Waals surface area (Å²) < 4.78 is 4.81. The summed E-state index contributed by atoms with van der Waals surface area (Å²) in [6.45, 7) is 2.21. The maximum Gasteiger partial charge on any atom is 0.263 e. The highest BCUT2D eigenvalue weighted by molar-refractivity contribution is 7.13. The van der Waals surface area contributed by atoms with Crippen molar-refractivity contribution in [2.75, 3.05) is 19.0 Å². The molecule has 2 aromatic carbocycles. The normalized spacial score (nSPS) is 10.6. The van der Waals surface area contributed by atoms with E-state index in [-0.39, 0.29) is 18.4 Å². The predicted molar refractivity (Wildman–Crippen MR) is 114 cm³/mol. The van der Waals surface area contributed by atoms with Crippen LogP contribution in [-0.4, -0.2) is 30.5 Å². The molecule has 0 spiro atoms. The molecule has 3 aromatic rings. The third-order valence-corrected chi connectivity index (χ3v) is 5.34. The van der Waals surface area contributed by atoms with Crippen LogP contribution in [0, 0.1) is 6.92 Å². The Morgan fingerprint density at radius 1 is 1.07 bits per heavy atom. The maximum absolute atomic E-state index is 12.6. The van der Waals surface area contributed by atoms with E-state index >= 15 is 0 Å². The van der Waals surface area contributed by atoms with Crippen molar-refractivity contribution in [3.63, 3.8) is 0 Å². The Morgan fingerprint density at radius 3 is 2.59 bits per heavy atom. The second-order valence-electron chi connectivity index (χ2n) is 6.55. The largest absolute Gasteiger partial charge is 0.375 e. The number of nitrogens with zero attached hydrogens (tertiary/aromatic N) is 1. The molecular formula is C22H23N3O3S. The lowest BCUT2D eigenvalue weighted by atomic mass is 10.2. The summed E-state index contributed by atoms with van der Waals surface area (Å²) in [5.41, 5.74) is 3.46. The Hall–Kier alpha value is -3.03. The number of carbonyl (C=O) groups is 2. The average Bonchev–Trinajstić information content (AvgIpc) is 3.07. The van der Waals surface area contributed by atoms with E-state index in [4.69, 9.17) is 4.74 Å². The summed E-state index contributed by atoms with van der Waals surface area (Å²) in [5.74, 6) is -0.368. The summed E-state index contributed by atoms with van der Waals surface area (Å²) in [6.07, 6.45) is 0.711. The second kappa shape index (κ2) is 9.95. The molecule has 7 heteroatoms. The van der Waals surface area contributed by atoms with Crippen molar-refractivity contribution in [1.29, 1.82) is 0 Å². The summed E-state index contributed by atoms with van der Waals surface area (Å²) in [6, 6.07) is 17.4. The lowest BCUT2D eigenvalue weighted by molar-refractivity contribution is -0.119. The molecule has 0 saturated heterocycles. The number of aryl methyl sites for hydroxylation is 1. The zero-order chi connectivity index (χ0) is 20.6. The summed E-state index contributed by atoms with van der Waals surface area (Å²) in [7, 11) is 1.47. The fraction of sp³-hybridized carbons (Fsp3) is 0.227. The van der Waals surface area contributed by atoms with Gasteiger partial charge in [0.15, 0.2) is 0 Å². The van der Waals surface area contributed by atoms with Crippen LogP contribution in [0.3, 0.4) is 0 Å². The van der Waals surface area contributed by atoms with E-state index in [1.807, 2.05) is 43.3 Å². The first-order valence-electron chi connectivity index (χ1n) is 9.21. The third-order valence-electron chi connectivity index (χ3n) is 4.18. The van der Waals surface area contributed by atoms with Gasteiger partial charge in [-0.15, -0.1) is 11.3 Å². The highest BCUT2D eigenvalue weighted by Gasteiger charge is 2.15. The topological polar surface area (TPSA) is 80.3 Å². The number of nitrogens with one attached hydrogen (secondary N) is 2. The molecule has 1 aromatic heterocycles. The predicted octanol–water partition coefficient (Wildman–Crippen LogP) is 3.56. The van der Waals surface area contributed by atoms with Crippen LogP contribution in [-0.2, 0) is 22.5 Å². The van der Waals surface area contributed by atoms with Gasteiger partial charge in [-0.2, -0.15) is 0 Å². The van der Waals surface area contributed by atoms with E-state index < -0.39 is 0 Å². The zero-order valence-electron chi connectivity index (χ0n) is 16.4.